The number of para-hydroxylation sites is 1. The molecular formula is C21H23N3O2S3. The van der Waals surface area contributed by atoms with E-state index in [0.29, 0.717) is 27.9 Å². The predicted octanol–water partition coefficient (Wildman–Crippen LogP) is 3.80. The maximum absolute atomic E-state index is 13.5. The number of hydrogen-bond donors (Lipinski definition) is 0. The zero-order valence-corrected chi connectivity index (χ0v) is 19.0. The number of fused-ring (bicyclic) bond motifs is 1. The molecule has 2 fully saturated rings. The number of hydrogen-bond acceptors (Lipinski definition) is 6. The van der Waals surface area contributed by atoms with E-state index in [1.807, 2.05) is 43.8 Å². The maximum atomic E-state index is 13.5. The Morgan fingerprint density at radius 3 is 2.48 bits per heavy atom. The number of aryl methyl sites for hydroxylation is 1. The minimum Gasteiger partial charge on any atom is -0.369 e. The van der Waals surface area contributed by atoms with Crippen molar-refractivity contribution >= 4 is 68.6 Å². The van der Waals surface area contributed by atoms with Crippen molar-refractivity contribution in [3.63, 3.8) is 0 Å². The van der Waals surface area contributed by atoms with Crippen LogP contribution in [0.15, 0.2) is 34.0 Å². The highest BCUT2D eigenvalue weighted by molar-refractivity contribution is 8.26. The van der Waals surface area contributed by atoms with Crippen molar-refractivity contribution in [2.45, 2.75) is 20.4 Å². The number of thioether (sulfide) groups is 2. The molecule has 29 heavy (non-hydrogen) atoms. The van der Waals surface area contributed by atoms with E-state index in [4.69, 9.17) is 12.2 Å². The van der Waals surface area contributed by atoms with Gasteiger partial charge in [0.1, 0.15) is 4.32 Å². The van der Waals surface area contributed by atoms with Gasteiger partial charge in [0, 0.05) is 43.1 Å². The van der Waals surface area contributed by atoms with Crippen LogP contribution in [0.4, 0.5) is 5.69 Å². The summed E-state index contributed by atoms with van der Waals surface area (Å²) < 4.78 is 2.35. The van der Waals surface area contributed by atoms with E-state index >= 15 is 0 Å². The molecule has 5 nitrogen and oxygen atoms in total. The second-order valence-corrected chi connectivity index (χ2v) is 9.75. The van der Waals surface area contributed by atoms with E-state index in [2.05, 4.69) is 11.0 Å². The average molecular weight is 446 g/mol. The molecule has 0 atom stereocenters. The van der Waals surface area contributed by atoms with Gasteiger partial charge in [-0.3, -0.25) is 14.5 Å². The molecule has 2 saturated heterocycles. The lowest BCUT2D eigenvalue weighted by Gasteiger charge is -2.31. The Morgan fingerprint density at radius 2 is 1.83 bits per heavy atom. The van der Waals surface area contributed by atoms with E-state index < -0.39 is 0 Å². The van der Waals surface area contributed by atoms with Crippen LogP contribution in [0.5, 0.6) is 0 Å². The lowest BCUT2D eigenvalue weighted by Crippen LogP contribution is -2.35. The van der Waals surface area contributed by atoms with Crippen molar-refractivity contribution < 1.29 is 4.79 Å². The molecule has 152 valence electrons. The third kappa shape index (κ3) is 3.62. The van der Waals surface area contributed by atoms with Crippen molar-refractivity contribution in [1.29, 1.82) is 0 Å². The second kappa shape index (κ2) is 8.53. The number of pyridine rings is 1. The molecule has 0 spiro atoms. The topological polar surface area (TPSA) is 45.6 Å². The molecule has 0 N–H and O–H groups in total. The maximum Gasteiger partial charge on any atom is 0.266 e. The van der Waals surface area contributed by atoms with Crippen molar-refractivity contribution in [2.75, 3.05) is 36.0 Å². The SMILES string of the molecule is CCN1C(=O)C(=Cc2c(N3CCSCC3)c3ccccc3n(CC)c2=O)SC1=S. The van der Waals surface area contributed by atoms with Crippen LogP contribution in [0.2, 0.25) is 0 Å². The first-order chi connectivity index (χ1) is 14.1. The normalized spacial score (nSPS) is 19.0. The minimum atomic E-state index is -0.113. The Kier molecular flexibility index (Phi) is 6.03. The Hall–Kier alpha value is -1.77. The number of rotatable bonds is 4. The molecule has 0 bridgehead atoms. The third-order valence-corrected chi connectivity index (χ3v) is 7.61. The van der Waals surface area contributed by atoms with Gasteiger partial charge in [0.15, 0.2) is 0 Å². The van der Waals surface area contributed by atoms with Gasteiger partial charge in [-0.1, -0.05) is 42.2 Å². The molecule has 1 aromatic carbocycles. The average Bonchev–Trinajstić information content (AvgIpc) is 3.01. The predicted molar refractivity (Wildman–Crippen MR) is 129 cm³/mol. The van der Waals surface area contributed by atoms with Gasteiger partial charge in [0.2, 0.25) is 0 Å². The molecule has 0 unspecified atom stereocenters. The van der Waals surface area contributed by atoms with E-state index in [-0.39, 0.29) is 11.5 Å². The van der Waals surface area contributed by atoms with Crippen LogP contribution in [0, 0.1) is 0 Å². The first kappa shape index (κ1) is 20.5. The summed E-state index contributed by atoms with van der Waals surface area (Å²) in [6, 6.07) is 8.06. The highest BCUT2D eigenvalue weighted by Crippen LogP contribution is 2.36. The summed E-state index contributed by atoms with van der Waals surface area (Å²) in [7, 11) is 0. The molecule has 2 aliphatic rings. The fraction of sp³-hybridized carbons (Fsp3) is 0.381. The molecular weight excluding hydrogens is 422 g/mol. The lowest BCUT2D eigenvalue weighted by molar-refractivity contribution is -0.121. The number of aromatic nitrogens is 1. The number of carbonyl (C=O) groups excluding carboxylic acids is 1. The van der Waals surface area contributed by atoms with Gasteiger partial charge >= 0.3 is 0 Å². The van der Waals surface area contributed by atoms with Crippen LogP contribution in [0.1, 0.15) is 19.4 Å². The number of anilines is 1. The quantitative estimate of drug-likeness (QED) is 0.527. The summed E-state index contributed by atoms with van der Waals surface area (Å²) in [5.41, 5.74) is 2.42. The second-order valence-electron chi connectivity index (χ2n) is 6.85. The molecule has 3 heterocycles. The van der Waals surface area contributed by atoms with Gasteiger partial charge in [-0.2, -0.15) is 11.8 Å². The van der Waals surface area contributed by atoms with Crippen LogP contribution >= 0.6 is 35.7 Å². The Bertz CT molecular complexity index is 1070. The summed E-state index contributed by atoms with van der Waals surface area (Å²) in [4.78, 5) is 30.7. The molecule has 8 heteroatoms. The molecule has 2 aliphatic heterocycles. The highest BCUT2D eigenvalue weighted by Gasteiger charge is 2.32. The summed E-state index contributed by atoms with van der Waals surface area (Å²) in [6.07, 6.45) is 1.77. The van der Waals surface area contributed by atoms with Crippen LogP contribution in [-0.4, -0.2) is 50.8 Å². The Balaban J connectivity index is 1.98. The smallest absolute Gasteiger partial charge is 0.266 e. The Morgan fingerprint density at radius 1 is 1.10 bits per heavy atom. The van der Waals surface area contributed by atoms with E-state index in [1.54, 1.807) is 15.5 Å². The molecule has 0 aliphatic carbocycles. The zero-order chi connectivity index (χ0) is 20.5. The van der Waals surface area contributed by atoms with Gasteiger partial charge in [0.05, 0.1) is 21.7 Å². The zero-order valence-electron chi connectivity index (χ0n) is 16.5. The Labute approximate surface area is 184 Å². The van der Waals surface area contributed by atoms with Gasteiger partial charge in [-0.15, -0.1) is 0 Å². The first-order valence-electron chi connectivity index (χ1n) is 9.80. The van der Waals surface area contributed by atoms with Crippen LogP contribution < -0.4 is 10.5 Å². The largest absolute Gasteiger partial charge is 0.369 e. The number of benzene rings is 1. The highest BCUT2D eigenvalue weighted by atomic mass is 32.2. The number of carbonyl (C=O) groups is 1. The summed E-state index contributed by atoms with van der Waals surface area (Å²) >= 11 is 8.57. The van der Waals surface area contributed by atoms with Gasteiger partial charge in [-0.05, 0) is 26.0 Å². The molecule has 1 aromatic heterocycles. The first-order valence-corrected chi connectivity index (χ1v) is 12.2. The van der Waals surface area contributed by atoms with Crippen LogP contribution in [0.3, 0.4) is 0 Å². The summed E-state index contributed by atoms with van der Waals surface area (Å²) in [5, 5.41) is 1.05. The minimum absolute atomic E-state index is 0.0545. The number of likely N-dealkylation sites (N-methyl/N-ethyl adjacent to an activating group) is 1. The third-order valence-electron chi connectivity index (χ3n) is 5.29. The van der Waals surface area contributed by atoms with E-state index in [0.717, 1.165) is 41.2 Å². The van der Waals surface area contributed by atoms with E-state index in [9.17, 15) is 9.59 Å². The van der Waals surface area contributed by atoms with E-state index in [1.165, 1.54) is 11.8 Å². The van der Waals surface area contributed by atoms with Crippen molar-refractivity contribution in [2.24, 2.45) is 0 Å². The molecule has 1 amide bonds. The molecule has 2 aromatic rings. The van der Waals surface area contributed by atoms with Crippen molar-refractivity contribution in [3.05, 3.63) is 45.1 Å². The fourth-order valence-electron chi connectivity index (χ4n) is 3.89. The van der Waals surface area contributed by atoms with Crippen molar-refractivity contribution in [3.8, 4) is 0 Å². The van der Waals surface area contributed by atoms with Gasteiger partial charge in [-0.25, -0.2) is 0 Å². The van der Waals surface area contributed by atoms with Crippen LogP contribution in [-0.2, 0) is 11.3 Å². The molecule has 0 radical (unpaired) electrons. The van der Waals surface area contributed by atoms with Crippen LogP contribution in [0.25, 0.3) is 17.0 Å². The standard InChI is InChI=1S/C21H23N3O2S3/c1-3-23-16-8-6-5-7-14(16)18(22-9-11-28-12-10-22)15(19(23)25)13-17-20(26)24(4-2)21(27)29-17/h5-8,13H,3-4,9-12H2,1-2H3. The summed E-state index contributed by atoms with van der Waals surface area (Å²) in [6.45, 7) is 6.78. The van der Waals surface area contributed by atoms with Gasteiger partial charge in [0.25, 0.3) is 11.5 Å². The van der Waals surface area contributed by atoms with Gasteiger partial charge < -0.3 is 9.47 Å². The lowest BCUT2D eigenvalue weighted by atomic mass is 10.1. The summed E-state index contributed by atoms with van der Waals surface area (Å²) in [5.74, 6) is 1.95. The number of thiocarbonyl (C=S) groups is 1. The molecule has 4 rings (SSSR count). The monoisotopic (exact) mass is 445 g/mol. The number of nitrogens with zero attached hydrogens (tertiary/aromatic N) is 3. The number of amides is 1. The molecule has 0 saturated carbocycles. The fourth-order valence-corrected chi connectivity index (χ4v) is 6.15. The van der Waals surface area contributed by atoms with Crippen molar-refractivity contribution in [1.82, 2.24) is 9.47 Å².